The lowest BCUT2D eigenvalue weighted by atomic mass is 9.98. The average molecular weight is 284 g/mol. The van der Waals surface area contributed by atoms with E-state index < -0.39 is 0 Å². The summed E-state index contributed by atoms with van der Waals surface area (Å²) in [5.74, 6) is 0.727. The normalized spacial score (nSPS) is 14.5. The number of hydrogen-bond donors (Lipinski definition) is 1. The second kappa shape index (κ2) is 7.58. The molecule has 21 heavy (non-hydrogen) atoms. The Hall–Kier alpha value is -1.38. The van der Waals surface area contributed by atoms with E-state index in [1.165, 1.54) is 22.8 Å². The van der Waals surface area contributed by atoms with Crippen molar-refractivity contribution >= 4 is 10.8 Å². The van der Waals surface area contributed by atoms with Gasteiger partial charge in [-0.05, 0) is 28.8 Å². The van der Waals surface area contributed by atoms with Gasteiger partial charge in [0.2, 0.25) is 0 Å². The van der Waals surface area contributed by atoms with Gasteiger partial charge in [-0.25, -0.2) is 0 Å². The van der Waals surface area contributed by atoms with Crippen LogP contribution < -0.4 is 5.73 Å². The smallest absolute Gasteiger partial charge is 0.0430 e. The molecule has 2 unspecified atom stereocenters. The Kier molecular flexibility index (Phi) is 5.77. The first kappa shape index (κ1) is 16.0. The topological polar surface area (TPSA) is 29.3 Å². The highest BCUT2D eigenvalue weighted by Gasteiger charge is 2.15. The van der Waals surface area contributed by atoms with Gasteiger partial charge in [0.05, 0.1) is 0 Å². The van der Waals surface area contributed by atoms with Gasteiger partial charge in [0.25, 0.3) is 0 Å². The number of benzene rings is 2. The van der Waals surface area contributed by atoms with Crippen LogP contribution in [0, 0.1) is 5.92 Å². The standard InChI is InChI=1S/C19H28N2/c1-4-15(3)13-21(5-2)14-19(20)18-12-8-10-16-9-6-7-11-17(16)18/h6-12,15,19H,4-5,13-14,20H2,1-3H3. The van der Waals surface area contributed by atoms with Crippen molar-refractivity contribution in [2.24, 2.45) is 11.7 Å². The van der Waals surface area contributed by atoms with E-state index in [-0.39, 0.29) is 6.04 Å². The van der Waals surface area contributed by atoms with Crippen molar-refractivity contribution in [2.45, 2.75) is 33.2 Å². The quantitative estimate of drug-likeness (QED) is 0.825. The summed E-state index contributed by atoms with van der Waals surface area (Å²) in [6.07, 6.45) is 1.22. The number of rotatable bonds is 7. The number of likely N-dealkylation sites (N-methyl/N-ethyl adjacent to an activating group) is 1. The fraction of sp³-hybridized carbons (Fsp3) is 0.474. The zero-order valence-corrected chi connectivity index (χ0v) is 13.5. The third kappa shape index (κ3) is 4.05. The lowest BCUT2D eigenvalue weighted by Crippen LogP contribution is -2.35. The first-order chi connectivity index (χ1) is 10.2. The molecule has 2 nitrogen and oxygen atoms in total. The van der Waals surface area contributed by atoms with Crippen molar-refractivity contribution in [3.05, 3.63) is 48.0 Å². The maximum absolute atomic E-state index is 6.51. The molecule has 114 valence electrons. The summed E-state index contributed by atoms with van der Waals surface area (Å²) in [6.45, 7) is 9.90. The van der Waals surface area contributed by atoms with Gasteiger partial charge in [-0.1, -0.05) is 69.7 Å². The predicted octanol–water partition coefficient (Wildman–Crippen LogP) is 4.21. The fourth-order valence-electron chi connectivity index (χ4n) is 2.85. The third-order valence-corrected chi connectivity index (χ3v) is 4.39. The molecule has 0 aliphatic heterocycles. The molecule has 2 atom stereocenters. The molecular formula is C19H28N2. The predicted molar refractivity (Wildman–Crippen MR) is 92.4 cm³/mol. The van der Waals surface area contributed by atoms with Gasteiger partial charge in [-0.15, -0.1) is 0 Å². The summed E-state index contributed by atoms with van der Waals surface area (Å²) < 4.78 is 0. The van der Waals surface area contributed by atoms with E-state index in [9.17, 15) is 0 Å². The van der Waals surface area contributed by atoms with E-state index >= 15 is 0 Å². The van der Waals surface area contributed by atoms with Crippen molar-refractivity contribution in [1.82, 2.24) is 4.90 Å². The Morgan fingerprint density at radius 2 is 1.71 bits per heavy atom. The van der Waals surface area contributed by atoms with Gasteiger partial charge in [0, 0.05) is 19.1 Å². The summed E-state index contributed by atoms with van der Waals surface area (Å²) in [6, 6.07) is 15.0. The third-order valence-electron chi connectivity index (χ3n) is 4.39. The molecule has 2 heteroatoms. The minimum absolute atomic E-state index is 0.0695. The van der Waals surface area contributed by atoms with Gasteiger partial charge < -0.3 is 10.6 Å². The molecule has 2 N–H and O–H groups in total. The zero-order chi connectivity index (χ0) is 15.2. The van der Waals surface area contributed by atoms with Gasteiger partial charge in [-0.2, -0.15) is 0 Å². The molecule has 0 radical (unpaired) electrons. The molecular weight excluding hydrogens is 256 g/mol. The molecule has 0 bridgehead atoms. The minimum Gasteiger partial charge on any atom is -0.323 e. The summed E-state index contributed by atoms with van der Waals surface area (Å²) in [5, 5.41) is 2.56. The molecule has 2 rings (SSSR count). The molecule has 0 saturated carbocycles. The second-order valence-electron chi connectivity index (χ2n) is 6.04. The van der Waals surface area contributed by atoms with Gasteiger partial charge in [-0.3, -0.25) is 0 Å². The number of fused-ring (bicyclic) bond motifs is 1. The lowest BCUT2D eigenvalue weighted by Gasteiger charge is -2.27. The van der Waals surface area contributed by atoms with E-state index in [1.807, 2.05) is 0 Å². The van der Waals surface area contributed by atoms with Crippen LogP contribution in [0.2, 0.25) is 0 Å². The Morgan fingerprint density at radius 1 is 1.00 bits per heavy atom. The summed E-state index contributed by atoms with van der Waals surface area (Å²) in [4.78, 5) is 2.47. The first-order valence-electron chi connectivity index (χ1n) is 8.11. The van der Waals surface area contributed by atoms with Crippen LogP contribution in [0.3, 0.4) is 0 Å². The Morgan fingerprint density at radius 3 is 2.43 bits per heavy atom. The van der Waals surface area contributed by atoms with Crippen LogP contribution in [0.1, 0.15) is 38.8 Å². The van der Waals surface area contributed by atoms with Crippen LogP contribution in [0.4, 0.5) is 0 Å². The largest absolute Gasteiger partial charge is 0.323 e. The molecule has 0 aliphatic rings. The summed E-state index contributed by atoms with van der Waals surface area (Å²) in [7, 11) is 0. The number of hydrogen-bond acceptors (Lipinski definition) is 2. The van der Waals surface area contributed by atoms with Crippen LogP contribution in [0.15, 0.2) is 42.5 Å². The first-order valence-corrected chi connectivity index (χ1v) is 8.11. The molecule has 2 aromatic rings. The Balaban J connectivity index is 2.16. The van der Waals surface area contributed by atoms with E-state index in [0.29, 0.717) is 0 Å². The van der Waals surface area contributed by atoms with Crippen molar-refractivity contribution in [3.63, 3.8) is 0 Å². The highest BCUT2D eigenvalue weighted by Crippen LogP contribution is 2.23. The number of nitrogens with zero attached hydrogens (tertiary/aromatic N) is 1. The zero-order valence-electron chi connectivity index (χ0n) is 13.5. The van der Waals surface area contributed by atoms with E-state index in [2.05, 4.69) is 68.1 Å². The van der Waals surface area contributed by atoms with Crippen molar-refractivity contribution in [3.8, 4) is 0 Å². The van der Waals surface area contributed by atoms with Crippen LogP contribution in [-0.2, 0) is 0 Å². The maximum Gasteiger partial charge on any atom is 0.0430 e. The van der Waals surface area contributed by atoms with Gasteiger partial charge >= 0.3 is 0 Å². The number of nitrogens with two attached hydrogens (primary N) is 1. The van der Waals surface area contributed by atoms with Crippen molar-refractivity contribution < 1.29 is 0 Å². The van der Waals surface area contributed by atoms with Gasteiger partial charge in [0.1, 0.15) is 0 Å². The summed E-state index contributed by atoms with van der Waals surface area (Å²) in [5.41, 5.74) is 7.77. The second-order valence-corrected chi connectivity index (χ2v) is 6.04. The molecule has 0 aromatic heterocycles. The monoisotopic (exact) mass is 284 g/mol. The summed E-state index contributed by atoms with van der Waals surface area (Å²) >= 11 is 0. The van der Waals surface area contributed by atoms with Crippen molar-refractivity contribution in [1.29, 1.82) is 0 Å². The Labute approximate surface area is 128 Å². The molecule has 0 aliphatic carbocycles. The fourth-order valence-corrected chi connectivity index (χ4v) is 2.85. The molecule has 0 heterocycles. The van der Waals surface area contributed by atoms with E-state index in [4.69, 9.17) is 5.73 Å². The molecule has 0 amide bonds. The highest BCUT2D eigenvalue weighted by atomic mass is 15.1. The molecule has 0 fully saturated rings. The highest BCUT2D eigenvalue weighted by molar-refractivity contribution is 5.86. The minimum atomic E-state index is 0.0695. The van der Waals surface area contributed by atoms with Crippen LogP contribution in [0.5, 0.6) is 0 Å². The van der Waals surface area contributed by atoms with E-state index in [1.54, 1.807) is 0 Å². The van der Waals surface area contributed by atoms with Crippen molar-refractivity contribution in [2.75, 3.05) is 19.6 Å². The average Bonchev–Trinajstić information content (AvgIpc) is 2.53. The molecule has 2 aromatic carbocycles. The van der Waals surface area contributed by atoms with Crippen LogP contribution >= 0.6 is 0 Å². The van der Waals surface area contributed by atoms with Crippen LogP contribution in [-0.4, -0.2) is 24.5 Å². The Bertz CT molecular complexity index is 559. The molecule has 0 saturated heterocycles. The SMILES string of the molecule is CCC(C)CN(CC)CC(N)c1cccc2ccccc12. The lowest BCUT2D eigenvalue weighted by molar-refractivity contribution is 0.233. The maximum atomic E-state index is 6.51. The molecule has 0 spiro atoms. The van der Waals surface area contributed by atoms with E-state index in [0.717, 1.165) is 25.6 Å². The van der Waals surface area contributed by atoms with Crippen LogP contribution in [0.25, 0.3) is 10.8 Å². The van der Waals surface area contributed by atoms with Gasteiger partial charge in [0.15, 0.2) is 0 Å².